The van der Waals surface area contributed by atoms with Gasteiger partial charge in [0.2, 0.25) is 5.82 Å². The second-order valence-electron chi connectivity index (χ2n) is 4.93. The summed E-state index contributed by atoms with van der Waals surface area (Å²) in [6.07, 6.45) is -4.41. The van der Waals surface area contributed by atoms with Crippen molar-refractivity contribution in [1.82, 2.24) is 15.1 Å². The van der Waals surface area contributed by atoms with E-state index in [9.17, 15) is 18.0 Å². The summed E-state index contributed by atoms with van der Waals surface area (Å²) in [5.74, 6) is -0.423. The van der Waals surface area contributed by atoms with Crippen LogP contribution in [0.25, 0.3) is 11.4 Å². The minimum Gasteiger partial charge on any atom is -0.451 e. The lowest BCUT2D eigenvalue weighted by atomic mass is 10.1. The first-order chi connectivity index (χ1) is 11.8. The normalized spacial score (nSPS) is 11.5. The topological polar surface area (TPSA) is 78.1 Å². The van der Waals surface area contributed by atoms with E-state index < -0.39 is 17.7 Å². The Labute approximate surface area is 143 Å². The van der Waals surface area contributed by atoms with E-state index in [0.29, 0.717) is 16.1 Å². The summed E-state index contributed by atoms with van der Waals surface area (Å²) in [4.78, 5) is 20.2. The summed E-state index contributed by atoms with van der Waals surface area (Å²) in [6.45, 7) is 1.44. The number of ether oxygens (including phenoxy) is 1. The van der Waals surface area contributed by atoms with Crippen LogP contribution >= 0.6 is 11.3 Å². The van der Waals surface area contributed by atoms with Crippen molar-refractivity contribution >= 4 is 17.3 Å². The molecule has 0 aliphatic carbocycles. The van der Waals surface area contributed by atoms with Crippen LogP contribution in [0.5, 0.6) is 0 Å². The number of aromatic nitrogens is 3. The minimum atomic E-state index is -4.41. The zero-order valence-corrected chi connectivity index (χ0v) is 13.5. The van der Waals surface area contributed by atoms with Crippen molar-refractivity contribution in [3.05, 3.63) is 51.8 Å². The third-order valence-electron chi connectivity index (χ3n) is 3.20. The Morgan fingerprint density at radius 2 is 2.00 bits per heavy atom. The number of aryl methyl sites for hydroxylation is 1. The van der Waals surface area contributed by atoms with Crippen molar-refractivity contribution in [3.8, 4) is 11.4 Å². The van der Waals surface area contributed by atoms with Gasteiger partial charge in [0, 0.05) is 5.56 Å². The van der Waals surface area contributed by atoms with E-state index in [1.54, 1.807) is 6.92 Å². The Balaban J connectivity index is 1.66. The van der Waals surface area contributed by atoms with Crippen LogP contribution in [-0.4, -0.2) is 21.1 Å². The van der Waals surface area contributed by atoms with Gasteiger partial charge in [-0.2, -0.15) is 18.2 Å². The fourth-order valence-corrected chi connectivity index (χ4v) is 2.62. The smallest absolute Gasteiger partial charge is 0.416 e. The molecule has 0 bridgehead atoms. The van der Waals surface area contributed by atoms with Gasteiger partial charge >= 0.3 is 12.1 Å². The molecule has 0 fully saturated rings. The molecule has 0 saturated heterocycles. The second-order valence-corrected chi connectivity index (χ2v) is 5.78. The van der Waals surface area contributed by atoms with E-state index >= 15 is 0 Å². The van der Waals surface area contributed by atoms with Gasteiger partial charge in [0.1, 0.15) is 4.88 Å². The number of hydrogen-bond donors (Lipinski definition) is 0. The van der Waals surface area contributed by atoms with Crippen molar-refractivity contribution in [2.24, 2.45) is 0 Å². The van der Waals surface area contributed by atoms with E-state index in [1.165, 1.54) is 17.6 Å². The lowest BCUT2D eigenvalue weighted by Crippen LogP contribution is -2.05. The van der Waals surface area contributed by atoms with Gasteiger partial charge in [-0.25, -0.2) is 9.78 Å². The number of hydrogen-bond acceptors (Lipinski definition) is 7. The summed E-state index contributed by atoms with van der Waals surface area (Å²) in [5, 5.41) is 3.67. The Morgan fingerprint density at radius 1 is 1.28 bits per heavy atom. The highest BCUT2D eigenvalue weighted by molar-refractivity contribution is 7.11. The SMILES string of the molecule is Cc1ncsc1C(=O)OCc1nc(-c2ccc(C(F)(F)F)cc2)no1. The van der Waals surface area contributed by atoms with Crippen molar-refractivity contribution in [3.63, 3.8) is 0 Å². The number of carbonyl (C=O) groups excluding carboxylic acids is 1. The van der Waals surface area contributed by atoms with Gasteiger partial charge in [-0.05, 0) is 19.1 Å². The van der Waals surface area contributed by atoms with Gasteiger partial charge in [-0.15, -0.1) is 11.3 Å². The van der Waals surface area contributed by atoms with Crippen molar-refractivity contribution in [1.29, 1.82) is 0 Å². The molecule has 2 heterocycles. The van der Waals surface area contributed by atoms with E-state index in [-0.39, 0.29) is 18.3 Å². The standard InChI is InChI=1S/C15H10F3N3O3S/c1-8-12(25-7-19-8)14(22)23-6-11-20-13(21-24-11)9-2-4-10(5-3-9)15(16,17)18/h2-5,7H,6H2,1H3. The number of nitrogens with zero attached hydrogens (tertiary/aromatic N) is 3. The highest BCUT2D eigenvalue weighted by atomic mass is 32.1. The molecule has 1 aromatic carbocycles. The average molecular weight is 369 g/mol. The van der Waals surface area contributed by atoms with E-state index in [0.717, 1.165) is 23.5 Å². The maximum atomic E-state index is 12.5. The van der Waals surface area contributed by atoms with Crippen LogP contribution in [0.15, 0.2) is 34.3 Å². The maximum absolute atomic E-state index is 12.5. The molecule has 0 amide bonds. The third-order valence-corrected chi connectivity index (χ3v) is 4.10. The van der Waals surface area contributed by atoms with Gasteiger partial charge in [0.05, 0.1) is 16.8 Å². The molecule has 0 N–H and O–H groups in total. The molecule has 2 aromatic heterocycles. The monoisotopic (exact) mass is 369 g/mol. The number of rotatable bonds is 4. The Morgan fingerprint density at radius 3 is 2.60 bits per heavy atom. The zero-order chi connectivity index (χ0) is 18.0. The van der Waals surface area contributed by atoms with Crippen LogP contribution in [0.1, 0.15) is 26.8 Å². The number of esters is 1. The van der Waals surface area contributed by atoms with E-state index in [4.69, 9.17) is 9.26 Å². The molecule has 25 heavy (non-hydrogen) atoms. The molecule has 10 heteroatoms. The van der Waals surface area contributed by atoms with Crippen molar-refractivity contribution in [2.45, 2.75) is 19.7 Å². The highest BCUT2D eigenvalue weighted by Crippen LogP contribution is 2.30. The number of benzene rings is 1. The quantitative estimate of drug-likeness (QED) is 0.650. The van der Waals surface area contributed by atoms with Crippen LogP contribution in [0, 0.1) is 6.92 Å². The van der Waals surface area contributed by atoms with Crippen LogP contribution in [0.2, 0.25) is 0 Å². The molecular formula is C15H10F3N3O3S. The van der Waals surface area contributed by atoms with Gasteiger partial charge in [0.25, 0.3) is 5.89 Å². The minimum absolute atomic E-state index is 0.0328. The Kier molecular flexibility index (Phi) is 4.53. The largest absolute Gasteiger partial charge is 0.451 e. The lowest BCUT2D eigenvalue weighted by molar-refractivity contribution is -0.137. The molecule has 0 aliphatic rings. The van der Waals surface area contributed by atoms with Gasteiger partial charge in [0.15, 0.2) is 6.61 Å². The first-order valence-corrected chi connectivity index (χ1v) is 7.80. The van der Waals surface area contributed by atoms with Crippen LogP contribution in [0.3, 0.4) is 0 Å². The summed E-state index contributed by atoms with van der Waals surface area (Å²) in [6, 6.07) is 4.34. The van der Waals surface area contributed by atoms with Gasteiger partial charge in [-0.1, -0.05) is 17.3 Å². The van der Waals surface area contributed by atoms with Crippen LogP contribution in [-0.2, 0) is 17.5 Å². The molecule has 3 rings (SSSR count). The summed E-state index contributed by atoms with van der Waals surface area (Å²) >= 11 is 1.15. The van der Waals surface area contributed by atoms with Crippen LogP contribution in [0.4, 0.5) is 13.2 Å². The van der Waals surface area contributed by atoms with Crippen LogP contribution < -0.4 is 0 Å². The molecule has 3 aromatic rings. The molecule has 0 radical (unpaired) electrons. The number of alkyl halides is 3. The molecule has 0 unspecified atom stereocenters. The highest BCUT2D eigenvalue weighted by Gasteiger charge is 2.30. The summed E-state index contributed by atoms with van der Waals surface area (Å²) in [7, 11) is 0. The molecule has 0 spiro atoms. The Hall–Kier alpha value is -2.75. The fraction of sp³-hybridized carbons (Fsp3) is 0.200. The predicted molar refractivity (Wildman–Crippen MR) is 80.7 cm³/mol. The summed E-state index contributed by atoms with van der Waals surface area (Å²) < 4.78 is 47.6. The van der Waals surface area contributed by atoms with E-state index in [2.05, 4.69) is 15.1 Å². The number of carbonyl (C=O) groups is 1. The average Bonchev–Trinajstić information content (AvgIpc) is 3.21. The zero-order valence-electron chi connectivity index (χ0n) is 12.7. The molecular weight excluding hydrogens is 359 g/mol. The fourth-order valence-electron chi connectivity index (χ4n) is 1.93. The van der Waals surface area contributed by atoms with Gasteiger partial charge in [-0.3, -0.25) is 0 Å². The molecule has 0 atom stereocenters. The summed E-state index contributed by atoms with van der Waals surface area (Å²) in [5.41, 5.74) is 1.67. The Bertz CT molecular complexity index is 887. The molecule has 130 valence electrons. The first-order valence-electron chi connectivity index (χ1n) is 6.92. The first kappa shape index (κ1) is 17.1. The molecule has 0 saturated carbocycles. The third kappa shape index (κ3) is 3.85. The van der Waals surface area contributed by atoms with Gasteiger partial charge < -0.3 is 9.26 Å². The molecule has 0 aliphatic heterocycles. The van der Waals surface area contributed by atoms with E-state index in [1.807, 2.05) is 0 Å². The van der Waals surface area contributed by atoms with Crippen molar-refractivity contribution < 1.29 is 27.2 Å². The van der Waals surface area contributed by atoms with Crippen molar-refractivity contribution in [2.75, 3.05) is 0 Å². The lowest BCUT2D eigenvalue weighted by Gasteiger charge is -2.05. The number of halogens is 3. The second kappa shape index (κ2) is 6.63. The maximum Gasteiger partial charge on any atom is 0.416 e. The predicted octanol–water partition coefficient (Wildman–Crippen LogP) is 3.88. The molecule has 6 nitrogen and oxygen atoms in total. The number of thiazole rings is 1.